The molecule has 2 aliphatic rings. The molecule has 0 radical (unpaired) electrons. The largest absolute Gasteiger partial charge is 0.380 e. The van der Waals surface area contributed by atoms with Gasteiger partial charge in [-0.2, -0.15) is 5.26 Å². The van der Waals surface area contributed by atoms with Gasteiger partial charge >= 0.3 is 0 Å². The average molecular weight is 306 g/mol. The molecule has 1 atom stereocenters. The second kappa shape index (κ2) is 4.91. The Morgan fingerprint density at radius 2 is 2.17 bits per heavy atom. The van der Waals surface area contributed by atoms with Crippen molar-refractivity contribution in [3.63, 3.8) is 0 Å². The highest BCUT2D eigenvalue weighted by Crippen LogP contribution is 2.31. The van der Waals surface area contributed by atoms with E-state index in [4.69, 9.17) is 5.26 Å². The van der Waals surface area contributed by atoms with Crippen LogP contribution in [0.3, 0.4) is 0 Å². The molecule has 1 heterocycles. The Morgan fingerprint density at radius 3 is 2.89 bits per heavy atom. The second-order valence-corrected chi connectivity index (χ2v) is 6.07. The molecule has 4 heteroatoms. The van der Waals surface area contributed by atoms with E-state index in [2.05, 4.69) is 32.2 Å². The van der Waals surface area contributed by atoms with Crippen LogP contribution in [0.5, 0.6) is 0 Å². The fourth-order valence-electron chi connectivity index (χ4n) is 2.63. The number of nitriles is 1. The predicted molar refractivity (Wildman–Crippen MR) is 75.5 cm³/mol. The van der Waals surface area contributed by atoms with Crippen LogP contribution >= 0.6 is 15.9 Å². The van der Waals surface area contributed by atoms with Crippen LogP contribution in [-0.4, -0.2) is 30.1 Å². The maximum absolute atomic E-state index is 9.12. The summed E-state index contributed by atoms with van der Waals surface area (Å²) < 4.78 is 1.01. The standard InChI is InChI=1S/C14H16BrN3/c15-11-2-1-10(8-16)14(7-11)17-12-5-6-18(9-12)13-3-4-13/h1-2,7,12-13,17H,3-6,9H2. The summed E-state index contributed by atoms with van der Waals surface area (Å²) in [4.78, 5) is 2.57. The number of halogens is 1. The van der Waals surface area contributed by atoms with Gasteiger partial charge in [0.25, 0.3) is 0 Å². The third-order valence-electron chi connectivity index (χ3n) is 3.74. The maximum Gasteiger partial charge on any atom is 0.101 e. The lowest BCUT2D eigenvalue weighted by Gasteiger charge is -2.17. The minimum absolute atomic E-state index is 0.479. The molecule has 94 valence electrons. The van der Waals surface area contributed by atoms with Crippen LogP contribution in [0.25, 0.3) is 0 Å². The number of likely N-dealkylation sites (tertiary alicyclic amines) is 1. The molecule has 18 heavy (non-hydrogen) atoms. The molecule has 1 saturated carbocycles. The molecular formula is C14H16BrN3. The molecule has 0 aromatic heterocycles. The van der Waals surface area contributed by atoms with Crippen LogP contribution in [0.1, 0.15) is 24.8 Å². The molecule has 3 nitrogen and oxygen atoms in total. The van der Waals surface area contributed by atoms with Crippen LogP contribution in [0.2, 0.25) is 0 Å². The zero-order valence-electron chi connectivity index (χ0n) is 10.2. The first-order valence-corrected chi connectivity index (χ1v) is 7.26. The van der Waals surface area contributed by atoms with Gasteiger partial charge in [0, 0.05) is 29.6 Å². The Balaban J connectivity index is 1.69. The van der Waals surface area contributed by atoms with Gasteiger partial charge < -0.3 is 5.32 Å². The molecule has 1 aliphatic carbocycles. The lowest BCUT2D eigenvalue weighted by molar-refractivity contribution is 0.326. The summed E-state index contributed by atoms with van der Waals surface area (Å²) in [5.41, 5.74) is 1.68. The van der Waals surface area contributed by atoms with Gasteiger partial charge in [-0.15, -0.1) is 0 Å². The molecule has 1 saturated heterocycles. The highest BCUT2D eigenvalue weighted by Gasteiger charge is 2.34. The molecule has 0 spiro atoms. The van der Waals surface area contributed by atoms with E-state index < -0.39 is 0 Å². The summed E-state index contributed by atoms with van der Waals surface area (Å²) in [7, 11) is 0. The minimum atomic E-state index is 0.479. The quantitative estimate of drug-likeness (QED) is 0.933. The highest BCUT2D eigenvalue weighted by atomic mass is 79.9. The Bertz CT molecular complexity index is 490. The van der Waals surface area contributed by atoms with Gasteiger partial charge in [0.05, 0.1) is 11.3 Å². The summed E-state index contributed by atoms with van der Waals surface area (Å²) in [6.45, 7) is 2.31. The average Bonchev–Trinajstić information content (AvgIpc) is 3.11. The van der Waals surface area contributed by atoms with Gasteiger partial charge in [-0.05, 0) is 37.5 Å². The van der Waals surface area contributed by atoms with Crippen molar-refractivity contribution >= 4 is 21.6 Å². The van der Waals surface area contributed by atoms with Crippen LogP contribution < -0.4 is 5.32 Å². The molecular weight excluding hydrogens is 290 g/mol. The van der Waals surface area contributed by atoms with Crippen LogP contribution in [0.4, 0.5) is 5.69 Å². The second-order valence-electron chi connectivity index (χ2n) is 5.16. The molecule has 1 aromatic rings. The number of benzene rings is 1. The molecule has 1 N–H and O–H groups in total. The summed E-state index contributed by atoms with van der Waals surface area (Å²) in [5.74, 6) is 0. The molecule has 0 amide bonds. The third kappa shape index (κ3) is 2.52. The number of anilines is 1. The summed E-state index contributed by atoms with van der Waals surface area (Å²) >= 11 is 3.46. The van der Waals surface area contributed by atoms with E-state index in [1.165, 1.54) is 25.8 Å². The van der Waals surface area contributed by atoms with Crippen LogP contribution in [-0.2, 0) is 0 Å². The fourth-order valence-corrected chi connectivity index (χ4v) is 2.99. The molecule has 2 fully saturated rings. The van der Waals surface area contributed by atoms with Gasteiger partial charge in [0.1, 0.15) is 6.07 Å². The maximum atomic E-state index is 9.12. The molecule has 1 aliphatic heterocycles. The summed E-state index contributed by atoms with van der Waals surface area (Å²) in [5, 5.41) is 12.6. The first-order valence-electron chi connectivity index (χ1n) is 6.46. The normalized spacial score (nSPS) is 23.9. The van der Waals surface area contributed by atoms with Crippen LogP contribution in [0, 0.1) is 11.3 Å². The number of nitrogens with one attached hydrogen (secondary N) is 1. The number of hydrogen-bond donors (Lipinski definition) is 1. The predicted octanol–water partition coefficient (Wildman–Crippen LogP) is 2.97. The Hall–Kier alpha value is -1.05. The third-order valence-corrected chi connectivity index (χ3v) is 4.24. The summed E-state index contributed by atoms with van der Waals surface area (Å²) in [6.07, 6.45) is 3.91. The lowest BCUT2D eigenvalue weighted by Crippen LogP contribution is -2.27. The van der Waals surface area contributed by atoms with Crippen molar-refractivity contribution in [3.05, 3.63) is 28.2 Å². The van der Waals surface area contributed by atoms with Crippen molar-refractivity contribution < 1.29 is 0 Å². The first-order chi connectivity index (χ1) is 8.76. The van der Waals surface area contributed by atoms with E-state index in [9.17, 15) is 0 Å². The molecule has 1 unspecified atom stereocenters. The van der Waals surface area contributed by atoms with Gasteiger partial charge in [0.2, 0.25) is 0 Å². The van der Waals surface area contributed by atoms with Gasteiger partial charge in [-0.3, -0.25) is 4.90 Å². The van der Waals surface area contributed by atoms with E-state index in [1.807, 2.05) is 18.2 Å². The van der Waals surface area contributed by atoms with Gasteiger partial charge in [-0.25, -0.2) is 0 Å². The van der Waals surface area contributed by atoms with E-state index >= 15 is 0 Å². The molecule has 3 rings (SSSR count). The van der Waals surface area contributed by atoms with Crippen LogP contribution in [0.15, 0.2) is 22.7 Å². The van der Waals surface area contributed by atoms with Crippen molar-refractivity contribution in [2.24, 2.45) is 0 Å². The first kappa shape index (κ1) is 12.0. The van der Waals surface area contributed by atoms with E-state index in [0.717, 1.165) is 28.3 Å². The topological polar surface area (TPSA) is 39.1 Å². The van der Waals surface area contributed by atoms with Gasteiger partial charge in [0.15, 0.2) is 0 Å². The van der Waals surface area contributed by atoms with Crippen molar-refractivity contribution in [2.45, 2.75) is 31.3 Å². The number of nitrogens with zero attached hydrogens (tertiary/aromatic N) is 2. The monoisotopic (exact) mass is 305 g/mol. The van der Waals surface area contributed by atoms with E-state index in [0.29, 0.717) is 6.04 Å². The van der Waals surface area contributed by atoms with Crippen molar-refractivity contribution in [3.8, 4) is 6.07 Å². The Morgan fingerprint density at radius 1 is 1.33 bits per heavy atom. The molecule has 0 bridgehead atoms. The number of rotatable bonds is 3. The van der Waals surface area contributed by atoms with Gasteiger partial charge in [-0.1, -0.05) is 15.9 Å². The zero-order valence-corrected chi connectivity index (χ0v) is 11.8. The molecule has 1 aromatic carbocycles. The smallest absolute Gasteiger partial charge is 0.101 e. The zero-order chi connectivity index (χ0) is 12.5. The van der Waals surface area contributed by atoms with Crippen molar-refractivity contribution in [1.82, 2.24) is 4.90 Å². The highest BCUT2D eigenvalue weighted by molar-refractivity contribution is 9.10. The summed E-state index contributed by atoms with van der Waals surface area (Å²) in [6, 6.07) is 9.34. The van der Waals surface area contributed by atoms with E-state index in [-0.39, 0.29) is 0 Å². The Kier molecular flexibility index (Phi) is 3.27. The Labute approximate surface area is 116 Å². The minimum Gasteiger partial charge on any atom is -0.380 e. The van der Waals surface area contributed by atoms with E-state index in [1.54, 1.807) is 0 Å². The lowest BCUT2D eigenvalue weighted by atomic mass is 10.1. The number of hydrogen-bond acceptors (Lipinski definition) is 3. The van der Waals surface area contributed by atoms with Crippen molar-refractivity contribution in [1.29, 1.82) is 5.26 Å². The fraction of sp³-hybridized carbons (Fsp3) is 0.500. The van der Waals surface area contributed by atoms with Crippen molar-refractivity contribution in [2.75, 3.05) is 18.4 Å². The SMILES string of the molecule is N#Cc1ccc(Br)cc1NC1CCN(C2CC2)C1.